The van der Waals surface area contributed by atoms with Gasteiger partial charge in [-0.05, 0) is 31.2 Å². The van der Waals surface area contributed by atoms with Gasteiger partial charge in [-0.1, -0.05) is 12.1 Å². The van der Waals surface area contributed by atoms with Crippen LogP contribution in [-0.4, -0.2) is 70.4 Å². The van der Waals surface area contributed by atoms with Crippen LogP contribution in [0.1, 0.15) is 21.5 Å². The molecule has 1 aliphatic heterocycles. The van der Waals surface area contributed by atoms with Gasteiger partial charge < -0.3 is 15.0 Å². The Morgan fingerprint density at radius 2 is 2.20 bits per heavy atom. The van der Waals surface area contributed by atoms with Crippen LogP contribution in [0.2, 0.25) is 0 Å². The van der Waals surface area contributed by atoms with Gasteiger partial charge in [0.05, 0.1) is 12.3 Å². The number of hydrogen-bond acceptors (Lipinski definition) is 6. The Bertz CT molecular complexity index is 599. The van der Waals surface area contributed by atoms with Crippen LogP contribution in [0.25, 0.3) is 0 Å². The number of hydrogen-bond donors (Lipinski definition) is 1. The fraction of sp³-hybridized carbons (Fsp3) is 0.474. The highest BCUT2D eigenvalue weighted by atomic mass is 16.5. The van der Waals surface area contributed by atoms with Crippen molar-refractivity contribution in [3.05, 3.63) is 46.8 Å². The van der Waals surface area contributed by atoms with E-state index >= 15 is 0 Å². The molecule has 6 nitrogen and oxygen atoms in total. The van der Waals surface area contributed by atoms with Crippen molar-refractivity contribution in [2.45, 2.75) is 13.5 Å². The number of nitrogens with zero attached hydrogens (tertiary/aromatic N) is 3. The molecule has 0 atom stereocenters. The van der Waals surface area contributed by atoms with Crippen molar-refractivity contribution in [3.63, 3.8) is 0 Å². The molecule has 1 N–H and O–H groups in total. The van der Waals surface area contributed by atoms with Crippen molar-refractivity contribution in [1.82, 2.24) is 15.1 Å². The van der Waals surface area contributed by atoms with E-state index in [1.807, 2.05) is 57.5 Å². The lowest BCUT2D eigenvalue weighted by atomic mass is 10.1. The highest BCUT2D eigenvalue weighted by Crippen LogP contribution is 2.10. The number of carbonyl (C=O) groups excluding carboxylic acids is 1. The summed E-state index contributed by atoms with van der Waals surface area (Å²) in [7, 11) is 7.62. The molecule has 0 amide bonds. The Hall–Kier alpha value is -2.18. The van der Waals surface area contributed by atoms with E-state index in [4.69, 9.17) is 4.74 Å². The first-order chi connectivity index (χ1) is 12.0. The molecule has 0 aliphatic carbocycles. The molecule has 0 aromatic heterocycles. The molecule has 1 aliphatic rings. The van der Waals surface area contributed by atoms with Crippen LogP contribution in [0.4, 0.5) is 0 Å². The molecule has 1 heterocycles. The quantitative estimate of drug-likeness (QED) is 0.764. The van der Waals surface area contributed by atoms with Gasteiger partial charge in [0, 0.05) is 52.3 Å². The monoisotopic (exact) mass is 346 g/mol. The Morgan fingerprint density at radius 3 is 2.76 bits per heavy atom. The topological polar surface area (TPSA) is 57.2 Å². The molecule has 1 aromatic carbocycles. The lowest BCUT2D eigenvalue weighted by Gasteiger charge is -2.16. The number of aliphatic imine (C=N–C) groups is 1. The fourth-order valence-corrected chi connectivity index (χ4v) is 2.26. The molecule has 0 spiro atoms. The molecule has 25 heavy (non-hydrogen) atoms. The van der Waals surface area contributed by atoms with Crippen molar-refractivity contribution < 1.29 is 9.53 Å². The summed E-state index contributed by atoms with van der Waals surface area (Å²) in [5, 5.41) is 3.00. The minimum absolute atomic E-state index is 0.725. The predicted molar refractivity (Wildman–Crippen MR) is 103 cm³/mol. The molecule has 0 radical (unpaired) electrons. The number of benzene rings is 1. The van der Waals surface area contributed by atoms with Gasteiger partial charge in [0.15, 0.2) is 0 Å². The summed E-state index contributed by atoms with van der Waals surface area (Å²) in [5.41, 5.74) is 4.02. The maximum Gasteiger partial charge on any atom is 0.150 e. The van der Waals surface area contributed by atoms with Crippen LogP contribution >= 0.6 is 0 Å². The number of aryl methyl sites for hydroxylation is 1. The zero-order valence-corrected chi connectivity index (χ0v) is 16.0. The average Bonchev–Trinajstić information content (AvgIpc) is 2.62. The summed E-state index contributed by atoms with van der Waals surface area (Å²) in [6.45, 7) is 5.17. The van der Waals surface area contributed by atoms with Crippen LogP contribution < -0.4 is 5.32 Å². The second-order valence-corrected chi connectivity index (χ2v) is 6.08. The Balaban J connectivity index is 0.000000293. The van der Waals surface area contributed by atoms with Crippen LogP contribution in [-0.2, 0) is 11.3 Å². The number of nitrogens with one attached hydrogen (secondary N) is 1. The van der Waals surface area contributed by atoms with Gasteiger partial charge in [-0.25, -0.2) is 0 Å². The van der Waals surface area contributed by atoms with E-state index in [1.54, 1.807) is 7.11 Å². The molecule has 0 saturated heterocycles. The summed E-state index contributed by atoms with van der Waals surface area (Å²) in [5.74, 6) is 0. The van der Waals surface area contributed by atoms with E-state index in [0.717, 1.165) is 55.0 Å². The zero-order valence-electron chi connectivity index (χ0n) is 16.0. The van der Waals surface area contributed by atoms with Crippen LogP contribution in [0.5, 0.6) is 0 Å². The maximum atomic E-state index is 10.8. The van der Waals surface area contributed by atoms with Gasteiger partial charge in [-0.15, -0.1) is 0 Å². The Kier molecular flexibility index (Phi) is 9.50. The number of methoxy groups -OCH3 is 1. The molecule has 2 rings (SSSR count). The number of rotatable bonds is 7. The number of allylic oxidation sites excluding steroid dienone is 1. The van der Waals surface area contributed by atoms with E-state index in [0.29, 0.717) is 0 Å². The SMILES string of the molecule is CNC1=CN(C)CN=C1.COCCN(C)Cc1ccc(C)c(C=O)c1. The lowest BCUT2D eigenvalue weighted by Crippen LogP contribution is -2.22. The number of carbonyl (C=O) groups is 1. The fourth-order valence-electron chi connectivity index (χ4n) is 2.26. The van der Waals surface area contributed by atoms with Crippen molar-refractivity contribution in [3.8, 4) is 0 Å². The second-order valence-electron chi connectivity index (χ2n) is 6.08. The van der Waals surface area contributed by atoms with Crippen molar-refractivity contribution in [2.75, 3.05) is 48.1 Å². The summed E-state index contributed by atoms with van der Waals surface area (Å²) < 4.78 is 5.02. The molecule has 0 unspecified atom stereocenters. The molecule has 0 bridgehead atoms. The van der Waals surface area contributed by atoms with Crippen molar-refractivity contribution in [2.24, 2.45) is 4.99 Å². The second kappa shape index (κ2) is 11.4. The summed E-state index contributed by atoms with van der Waals surface area (Å²) in [4.78, 5) is 19.1. The first-order valence-corrected chi connectivity index (χ1v) is 8.32. The number of aldehydes is 1. The third kappa shape index (κ3) is 7.96. The van der Waals surface area contributed by atoms with E-state index in [1.165, 1.54) is 0 Å². The van der Waals surface area contributed by atoms with Crippen LogP contribution in [0, 0.1) is 6.92 Å². The highest BCUT2D eigenvalue weighted by Gasteiger charge is 2.03. The van der Waals surface area contributed by atoms with Gasteiger partial charge in [-0.3, -0.25) is 14.7 Å². The molecule has 0 saturated carbocycles. The first-order valence-electron chi connectivity index (χ1n) is 8.32. The Labute approximate surface area is 151 Å². The largest absolute Gasteiger partial charge is 0.386 e. The predicted octanol–water partition coefficient (Wildman–Crippen LogP) is 1.91. The Morgan fingerprint density at radius 1 is 1.44 bits per heavy atom. The van der Waals surface area contributed by atoms with Gasteiger partial charge in [-0.2, -0.15) is 0 Å². The van der Waals surface area contributed by atoms with E-state index < -0.39 is 0 Å². The van der Waals surface area contributed by atoms with Gasteiger partial charge in [0.1, 0.15) is 13.0 Å². The molecule has 0 fully saturated rings. The lowest BCUT2D eigenvalue weighted by molar-refractivity contribution is 0.112. The van der Waals surface area contributed by atoms with E-state index in [2.05, 4.69) is 21.3 Å². The van der Waals surface area contributed by atoms with Crippen LogP contribution in [0.15, 0.2) is 35.1 Å². The average molecular weight is 346 g/mol. The van der Waals surface area contributed by atoms with Crippen molar-refractivity contribution in [1.29, 1.82) is 0 Å². The van der Waals surface area contributed by atoms with Crippen molar-refractivity contribution >= 4 is 12.5 Å². The zero-order chi connectivity index (χ0) is 18.7. The minimum atomic E-state index is 0.725. The van der Waals surface area contributed by atoms with Gasteiger partial charge in [0.2, 0.25) is 0 Å². The molecule has 6 heteroatoms. The molecular formula is C19H30N4O2. The summed E-state index contributed by atoms with van der Waals surface area (Å²) >= 11 is 0. The molecule has 1 aromatic rings. The maximum absolute atomic E-state index is 10.8. The van der Waals surface area contributed by atoms with E-state index in [9.17, 15) is 4.79 Å². The highest BCUT2D eigenvalue weighted by molar-refractivity contribution is 5.78. The third-order valence-corrected chi connectivity index (χ3v) is 3.78. The minimum Gasteiger partial charge on any atom is -0.386 e. The van der Waals surface area contributed by atoms with Crippen LogP contribution in [0.3, 0.4) is 0 Å². The normalized spacial score (nSPS) is 13.2. The third-order valence-electron chi connectivity index (χ3n) is 3.78. The standard InChI is InChI=1S/C13H19NO2.C6H11N3/c1-11-4-5-12(8-13(11)10-15)9-14(2)6-7-16-3;1-7-6-3-8-5-9(2)4-6/h4-5,8,10H,6-7,9H2,1-3H3;3-4,7H,5H2,1-2H3. The number of likely N-dealkylation sites (N-methyl/N-ethyl adjacent to an activating group) is 1. The number of ether oxygens (including phenoxy) is 1. The molecular weight excluding hydrogens is 316 g/mol. The smallest absolute Gasteiger partial charge is 0.150 e. The van der Waals surface area contributed by atoms with Gasteiger partial charge >= 0.3 is 0 Å². The summed E-state index contributed by atoms with van der Waals surface area (Å²) in [6, 6.07) is 6.00. The van der Waals surface area contributed by atoms with E-state index in [-0.39, 0.29) is 0 Å². The van der Waals surface area contributed by atoms with Gasteiger partial charge in [0.25, 0.3) is 0 Å². The summed E-state index contributed by atoms with van der Waals surface area (Å²) in [6.07, 6.45) is 4.76. The molecule has 138 valence electrons. The first kappa shape index (κ1) is 20.9.